The average molecular weight is 619 g/mol. The highest BCUT2D eigenvalue weighted by atomic mass is 127. The third-order valence-electron chi connectivity index (χ3n) is 4.40. The topological polar surface area (TPSA) is 46.6 Å². The molecule has 0 unspecified atom stereocenters. The van der Waals surface area contributed by atoms with E-state index in [1.54, 1.807) is 6.08 Å². The number of hydrogen-bond acceptors (Lipinski definition) is 4. The minimum absolute atomic E-state index is 0.0903. The second-order valence-electron chi connectivity index (χ2n) is 6.40. The van der Waals surface area contributed by atoms with Crippen molar-refractivity contribution in [2.75, 3.05) is 0 Å². The molecule has 3 rings (SSSR count). The Hall–Kier alpha value is -1.07. The monoisotopic (exact) mass is 619 g/mol. The lowest BCUT2D eigenvalue weighted by Gasteiger charge is -2.19. The highest BCUT2D eigenvalue weighted by Gasteiger charge is 2.37. The van der Waals surface area contributed by atoms with Gasteiger partial charge >= 0.3 is 0 Å². The number of benzene rings is 2. The van der Waals surface area contributed by atoms with Crippen molar-refractivity contribution in [3.05, 3.63) is 65.6 Å². The fourth-order valence-electron chi connectivity index (χ4n) is 2.72. The molecule has 28 heavy (non-hydrogen) atoms. The molecule has 146 valence electrons. The van der Waals surface area contributed by atoms with Gasteiger partial charge in [0.15, 0.2) is 0 Å². The van der Waals surface area contributed by atoms with Gasteiger partial charge in [-0.1, -0.05) is 37.3 Å². The normalized spacial score (nSPS) is 16.7. The lowest BCUT2D eigenvalue weighted by atomic mass is 10.2. The number of imide groups is 1. The Morgan fingerprint density at radius 3 is 2.39 bits per heavy atom. The van der Waals surface area contributed by atoms with Gasteiger partial charge in [-0.2, -0.15) is 0 Å². The summed E-state index contributed by atoms with van der Waals surface area (Å²) in [6.45, 7) is 4.36. The molecule has 1 heterocycles. The van der Waals surface area contributed by atoms with E-state index in [4.69, 9.17) is 4.74 Å². The van der Waals surface area contributed by atoms with E-state index in [1.807, 2.05) is 56.3 Å². The highest BCUT2D eigenvalue weighted by molar-refractivity contribution is 14.1. The second kappa shape index (κ2) is 9.62. The maximum Gasteiger partial charge on any atom is 0.293 e. The quantitative estimate of drug-likeness (QED) is 0.281. The van der Waals surface area contributed by atoms with Crippen molar-refractivity contribution in [2.24, 2.45) is 0 Å². The van der Waals surface area contributed by atoms with Crippen molar-refractivity contribution < 1.29 is 14.3 Å². The number of nitrogens with zero attached hydrogens (tertiary/aromatic N) is 1. The molecule has 2 aromatic carbocycles. The van der Waals surface area contributed by atoms with Crippen molar-refractivity contribution in [2.45, 2.75) is 32.9 Å². The third kappa shape index (κ3) is 4.91. The molecule has 2 amide bonds. The van der Waals surface area contributed by atoms with Crippen molar-refractivity contribution in [3.63, 3.8) is 0 Å². The molecule has 1 saturated heterocycles. The van der Waals surface area contributed by atoms with E-state index in [0.29, 0.717) is 11.5 Å². The van der Waals surface area contributed by atoms with Crippen LogP contribution in [0.1, 0.15) is 31.4 Å². The van der Waals surface area contributed by atoms with Crippen LogP contribution in [0.25, 0.3) is 6.08 Å². The molecule has 1 fully saturated rings. The minimum atomic E-state index is -0.209. The predicted octanol–water partition coefficient (Wildman–Crippen LogP) is 6.31. The Balaban J connectivity index is 1.80. The largest absolute Gasteiger partial charge is 0.487 e. The van der Waals surface area contributed by atoms with Crippen LogP contribution in [-0.2, 0) is 11.4 Å². The van der Waals surface area contributed by atoms with Crippen LogP contribution in [-0.4, -0.2) is 22.1 Å². The predicted molar refractivity (Wildman–Crippen MR) is 130 cm³/mol. The van der Waals surface area contributed by atoms with Crippen molar-refractivity contribution in [3.8, 4) is 5.75 Å². The highest BCUT2D eigenvalue weighted by Crippen LogP contribution is 2.36. The van der Waals surface area contributed by atoms with Gasteiger partial charge < -0.3 is 4.74 Å². The molecule has 0 saturated carbocycles. The van der Waals surface area contributed by atoms with Gasteiger partial charge in [0.2, 0.25) is 0 Å². The number of halogens is 2. The molecule has 1 atom stereocenters. The molecule has 4 nitrogen and oxygen atoms in total. The Morgan fingerprint density at radius 1 is 1.14 bits per heavy atom. The maximum absolute atomic E-state index is 12.6. The summed E-state index contributed by atoms with van der Waals surface area (Å²) in [5.74, 6) is 0.619. The zero-order valence-corrected chi connectivity index (χ0v) is 20.6. The minimum Gasteiger partial charge on any atom is -0.487 e. The second-order valence-corrected chi connectivity index (χ2v) is 9.71. The van der Waals surface area contributed by atoms with Crippen LogP contribution in [0.3, 0.4) is 0 Å². The average Bonchev–Trinajstić information content (AvgIpc) is 2.94. The molecule has 0 aromatic heterocycles. The van der Waals surface area contributed by atoms with E-state index in [1.165, 1.54) is 4.90 Å². The standard InChI is InChI=1S/C21H19I2NO3S/c1-3-13(2)24-20(25)18(28-21(24)26)11-15-9-16(22)19(17(23)10-15)27-12-14-7-5-4-6-8-14/h4-11,13H,3,12H2,1-2H3/b18-11+/t13-/m1/s1. The van der Waals surface area contributed by atoms with Gasteiger partial charge in [-0.05, 0) is 99.6 Å². The number of amides is 2. The number of ether oxygens (including phenoxy) is 1. The molecular weight excluding hydrogens is 600 g/mol. The first-order chi connectivity index (χ1) is 13.4. The number of thioether (sulfide) groups is 1. The van der Waals surface area contributed by atoms with Crippen LogP contribution in [0.15, 0.2) is 47.4 Å². The van der Waals surface area contributed by atoms with Gasteiger partial charge in [0.25, 0.3) is 11.1 Å². The zero-order valence-electron chi connectivity index (χ0n) is 15.4. The van der Waals surface area contributed by atoms with Crippen LogP contribution < -0.4 is 4.74 Å². The van der Waals surface area contributed by atoms with Crippen molar-refractivity contribution in [1.82, 2.24) is 4.90 Å². The molecule has 2 aromatic rings. The van der Waals surface area contributed by atoms with E-state index < -0.39 is 0 Å². The van der Waals surface area contributed by atoms with E-state index in [9.17, 15) is 9.59 Å². The van der Waals surface area contributed by atoms with E-state index in [2.05, 4.69) is 45.2 Å². The van der Waals surface area contributed by atoms with Crippen molar-refractivity contribution >= 4 is 74.2 Å². The van der Waals surface area contributed by atoms with Crippen LogP contribution in [0.5, 0.6) is 5.75 Å². The Labute approximate surface area is 196 Å². The van der Waals surface area contributed by atoms with Crippen LogP contribution in [0.2, 0.25) is 0 Å². The Morgan fingerprint density at radius 2 is 1.79 bits per heavy atom. The molecule has 0 spiro atoms. The molecular formula is C21H19I2NO3S. The van der Waals surface area contributed by atoms with Gasteiger partial charge in [-0.15, -0.1) is 0 Å². The summed E-state index contributed by atoms with van der Waals surface area (Å²) >= 11 is 5.49. The molecule has 7 heteroatoms. The summed E-state index contributed by atoms with van der Waals surface area (Å²) < 4.78 is 7.94. The molecule has 0 radical (unpaired) electrons. The SMILES string of the molecule is CC[C@@H](C)N1C(=O)S/C(=C/c2cc(I)c(OCc3ccccc3)c(I)c2)C1=O. The van der Waals surface area contributed by atoms with Crippen LogP contribution in [0, 0.1) is 7.14 Å². The fourth-order valence-corrected chi connectivity index (χ4v) is 5.78. The first-order valence-electron chi connectivity index (χ1n) is 8.83. The summed E-state index contributed by atoms with van der Waals surface area (Å²) in [5.41, 5.74) is 1.99. The summed E-state index contributed by atoms with van der Waals surface area (Å²) in [7, 11) is 0. The summed E-state index contributed by atoms with van der Waals surface area (Å²) in [4.78, 5) is 26.6. The zero-order chi connectivity index (χ0) is 20.3. The third-order valence-corrected chi connectivity index (χ3v) is 6.89. The summed E-state index contributed by atoms with van der Waals surface area (Å²) in [5, 5.41) is -0.196. The lowest BCUT2D eigenvalue weighted by molar-refractivity contribution is -0.124. The smallest absolute Gasteiger partial charge is 0.293 e. The molecule has 0 aliphatic carbocycles. The molecule has 0 N–H and O–H groups in total. The number of rotatable bonds is 6. The van der Waals surface area contributed by atoms with E-state index >= 15 is 0 Å². The fraction of sp³-hybridized carbons (Fsp3) is 0.238. The lowest BCUT2D eigenvalue weighted by Crippen LogP contribution is -2.36. The van der Waals surface area contributed by atoms with E-state index in [-0.39, 0.29) is 17.2 Å². The van der Waals surface area contributed by atoms with Gasteiger partial charge in [0.1, 0.15) is 12.4 Å². The van der Waals surface area contributed by atoms with Crippen molar-refractivity contribution in [1.29, 1.82) is 0 Å². The number of carbonyl (C=O) groups excluding carboxylic acids is 2. The molecule has 1 aliphatic rings. The van der Waals surface area contributed by atoms with Gasteiger partial charge in [0.05, 0.1) is 12.0 Å². The van der Waals surface area contributed by atoms with Gasteiger partial charge in [-0.25, -0.2) is 0 Å². The van der Waals surface area contributed by atoms with Gasteiger partial charge in [-0.3, -0.25) is 14.5 Å². The van der Waals surface area contributed by atoms with Crippen LogP contribution in [0.4, 0.5) is 4.79 Å². The Bertz CT molecular complexity index is 907. The Kier molecular flexibility index (Phi) is 7.43. The number of carbonyl (C=O) groups is 2. The molecule has 0 bridgehead atoms. The summed E-state index contributed by atoms with van der Waals surface area (Å²) in [6, 6.07) is 13.9. The van der Waals surface area contributed by atoms with Gasteiger partial charge in [0, 0.05) is 6.04 Å². The maximum atomic E-state index is 12.6. The number of hydrogen-bond donors (Lipinski definition) is 0. The first-order valence-corrected chi connectivity index (χ1v) is 11.8. The van der Waals surface area contributed by atoms with E-state index in [0.717, 1.165) is 42.2 Å². The molecule has 1 aliphatic heterocycles. The first kappa shape index (κ1) is 21.6. The van der Waals surface area contributed by atoms with Crippen LogP contribution >= 0.6 is 56.9 Å². The summed E-state index contributed by atoms with van der Waals surface area (Å²) in [6.07, 6.45) is 2.53.